The minimum absolute atomic E-state index is 0.0350. The van der Waals surface area contributed by atoms with Crippen molar-refractivity contribution < 1.29 is 18.3 Å². The standard InChI is InChI=1S/C16H18N2O5S/c1-17-16(21)14-15(20)13(19)10-11(18(14)2)8-9-24(22,23)12-6-4-3-5-7-12/h3-7,10,20H,8-9H2,1-2H3,(H,17,21). The van der Waals surface area contributed by atoms with E-state index in [9.17, 15) is 23.1 Å². The van der Waals surface area contributed by atoms with E-state index in [1.807, 2.05) is 0 Å². The Hall–Kier alpha value is -2.61. The van der Waals surface area contributed by atoms with Gasteiger partial charge in [0, 0.05) is 32.3 Å². The zero-order chi connectivity index (χ0) is 17.9. The monoisotopic (exact) mass is 350 g/mol. The summed E-state index contributed by atoms with van der Waals surface area (Å²) in [5.41, 5.74) is -0.577. The number of benzene rings is 1. The highest BCUT2D eigenvalue weighted by molar-refractivity contribution is 7.91. The van der Waals surface area contributed by atoms with Crippen molar-refractivity contribution in [2.75, 3.05) is 12.8 Å². The molecule has 1 amide bonds. The Morgan fingerprint density at radius 2 is 1.88 bits per heavy atom. The highest BCUT2D eigenvalue weighted by atomic mass is 32.2. The van der Waals surface area contributed by atoms with Crippen LogP contribution in [0.25, 0.3) is 0 Å². The lowest BCUT2D eigenvalue weighted by Gasteiger charge is -2.14. The third-order valence-corrected chi connectivity index (χ3v) is 5.43. The average molecular weight is 350 g/mol. The van der Waals surface area contributed by atoms with Crippen LogP contribution in [0.5, 0.6) is 5.75 Å². The second kappa shape index (κ2) is 6.88. The van der Waals surface area contributed by atoms with Gasteiger partial charge in [-0.1, -0.05) is 18.2 Å². The minimum atomic E-state index is -3.52. The van der Waals surface area contributed by atoms with Gasteiger partial charge in [0.1, 0.15) is 0 Å². The van der Waals surface area contributed by atoms with Crippen LogP contribution in [0.3, 0.4) is 0 Å². The van der Waals surface area contributed by atoms with Gasteiger partial charge in [-0.2, -0.15) is 0 Å². The van der Waals surface area contributed by atoms with E-state index in [-0.39, 0.29) is 22.8 Å². The van der Waals surface area contributed by atoms with Crippen LogP contribution >= 0.6 is 0 Å². The molecule has 1 heterocycles. The molecule has 0 saturated carbocycles. The van der Waals surface area contributed by atoms with E-state index >= 15 is 0 Å². The van der Waals surface area contributed by atoms with E-state index in [0.29, 0.717) is 5.69 Å². The van der Waals surface area contributed by atoms with Crippen LogP contribution in [0.4, 0.5) is 0 Å². The molecule has 1 aromatic heterocycles. The fraction of sp³-hybridized carbons (Fsp3) is 0.250. The van der Waals surface area contributed by atoms with Gasteiger partial charge in [0.2, 0.25) is 5.43 Å². The first-order chi connectivity index (χ1) is 11.3. The summed E-state index contributed by atoms with van der Waals surface area (Å²) in [4.78, 5) is 23.9. The molecule has 0 atom stereocenters. The van der Waals surface area contributed by atoms with E-state index in [2.05, 4.69) is 5.32 Å². The molecule has 0 aliphatic heterocycles. The average Bonchev–Trinajstić information content (AvgIpc) is 2.57. The molecule has 0 unspecified atom stereocenters. The van der Waals surface area contributed by atoms with Crippen LogP contribution in [-0.4, -0.2) is 36.8 Å². The topological polar surface area (TPSA) is 105 Å². The Morgan fingerprint density at radius 3 is 2.46 bits per heavy atom. The van der Waals surface area contributed by atoms with E-state index in [4.69, 9.17) is 0 Å². The van der Waals surface area contributed by atoms with Crippen molar-refractivity contribution in [2.24, 2.45) is 7.05 Å². The Balaban J connectivity index is 2.36. The van der Waals surface area contributed by atoms with Crippen molar-refractivity contribution in [3.63, 3.8) is 0 Å². The molecule has 2 rings (SSSR count). The normalized spacial score (nSPS) is 11.2. The Morgan fingerprint density at radius 1 is 1.25 bits per heavy atom. The number of aryl methyl sites for hydroxylation is 1. The second-order valence-electron chi connectivity index (χ2n) is 5.22. The summed E-state index contributed by atoms with van der Waals surface area (Å²) in [6, 6.07) is 9.13. The molecule has 24 heavy (non-hydrogen) atoms. The summed E-state index contributed by atoms with van der Waals surface area (Å²) in [6.07, 6.45) is 0.0350. The predicted molar refractivity (Wildman–Crippen MR) is 88.9 cm³/mol. The van der Waals surface area contributed by atoms with E-state index in [1.165, 1.54) is 30.8 Å². The molecule has 8 heteroatoms. The third-order valence-electron chi connectivity index (χ3n) is 3.69. The van der Waals surface area contributed by atoms with Gasteiger partial charge in [0.25, 0.3) is 5.91 Å². The number of carbonyl (C=O) groups excluding carboxylic acids is 1. The Kier molecular flexibility index (Phi) is 5.08. The minimum Gasteiger partial charge on any atom is -0.503 e. The lowest BCUT2D eigenvalue weighted by molar-refractivity contribution is 0.0950. The van der Waals surface area contributed by atoms with Crippen LogP contribution in [0.15, 0.2) is 46.1 Å². The van der Waals surface area contributed by atoms with E-state index in [0.717, 1.165) is 6.07 Å². The number of carbonyl (C=O) groups is 1. The van der Waals surface area contributed by atoms with Gasteiger partial charge in [-0.05, 0) is 12.1 Å². The molecule has 0 fully saturated rings. The molecule has 0 aliphatic carbocycles. The number of nitrogens with one attached hydrogen (secondary N) is 1. The van der Waals surface area contributed by atoms with Gasteiger partial charge in [-0.15, -0.1) is 0 Å². The zero-order valence-corrected chi connectivity index (χ0v) is 14.1. The number of rotatable bonds is 5. The molecule has 0 bridgehead atoms. The highest BCUT2D eigenvalue weighted by Gasteiger charge is 2.20. The number of hydrogen-bond donors (Lipinski definition) is 2. The molecule has 2 aromatic rings. The first-order valence-corrected chi connectivity index (χ1v) is 8.85. The van der Waals surface area contributed by atoms with Crippen LogP contribution in [0.1, 0.15) is 16.2 Å². The lowest BCUT2D eigenvalue weighted by Crippen LogP contribution is -2.27. The SMILES string of the molecule is CNC(=O)c1c(O)c(=O)cc(CCS(=O)(=O)c2ccccc2)n1C. The first kappa shape index (κ1) is 17.7. The van der Waals surface area contributed by atoms with Crippen molar-refractivity contribution in [3.05, 3.63) is 58.0 Å². The Bertz CT molecular complexity index is 917. The molecule has 0 radical (unpaired) electrons. The van der Waals surface area contributed by atoms with Gasteiger partial charge in [-0.3, -0.25) is 9.59 Å². The molecule has 2 N–H and O–H groups in total. The van der Waals surface area contributed by atoms with Crippen molar-refractivity contribution in [1.29, 1.82) is 0 Å². The number of aromatic hydroxyl groups is 1. The fourth-order valence-corrected chi connectivity index (χ4v) is 3.62. The summed E-state index contributed by atoms with van der Waals surface area (Å²) in [6.45, 7) is 0. The number of nitrogens with zero attached hydrogens (tertiary/aromatic N) is 1. The van der Waals surface area contributed by atoms with Gasteiger partial charge < -0.3 is 15.0 Å². The summed E-state index contributed by atoms with van der Waals surface area (Å²) in [5.74, 6) is -1.51. The molecular weight excluding hydrogens is 332 g/mol. The number of sulfone groups is 1. The molecule has 1 aromatic carbocycles. The summed E-state index contributed by atoms with van der Waals surface area (Å²) in [7, 11) is -0.647. The van der Waals surface area contributed by atoms with Crippen molar-refractivity contribution in [2.45, 2.75) is 11.3 Å². The van der Waals surface area contributed by atoms with Gasteiger partial charge in [0.05, 0.1) is 10.6 Å². The summed E-state index contributed by atoms with van der Waals surface area (Å²) >= 11 is 0. The summed E-state index contributed by atoms with van der Waals surface area (Å²) < 4.78 is 26.0. The van der Waals surface area contributed by atoms with Crippen LogP contribution in [0.2, 0.25) is 0 Å². The lowest BCUT2D eigenvalue weighted by atomic mass is 10.2. The maximum atomic E-state index is 12.3. The van der Waals surface area contributed by atoms with E-state index < -0.39 is 26.9 Å². The molecule has 128 valence electrons. The quantitative estimate of drug-likeness (QED) is 0.815. The Labute approximate surface area is 139 Å². The number of aromatic nitrogens is 1. The van der Waals surface area contributed by atoms with Crippen molar-refractivity contribution in [1.82, 2.24) is 9.88 Å². The molecule has 0 saturated heterocycles. The second-order valence-corrected chi connectivity index (χ2v) is 7.33. The molecule has 7 nitrogen and oxygen atoms in total. The molecule has 0 aliphatic rings. The van der Waals surface area contributed by atoms with Gasteiger partial charge >= 0.3 is 0 Å². The van der Waals surface area contributed by atoms with Crippen LogP contribution < -0.4 is 10.7 Å². The number of amides is 1. The fourth-order valence-electron chi connectivity index (χ4n) is 2.34. The smallest absolute Gasteiger partial charge is 0.271 e. The molecular formula is C16H18N2O5S. The first-order valence-electron chi connectivity index (χ1n) is 7.19. The van der Waals surface area contributed by atoms with E-state index in [1.54, 1.807) is 18.2 Å². The highest BCUT2D eigenvalue weighted by Crippen LogP contribution is 2.16. The number of hydrogen-bond acceptors (Lipinski definition) is 5. The van der Waals surface area contributed by atoms with Crippen molar-refractivity contribution >= 4 is 15.7 Å². The summed E-state index contributed by atoms with van der Waals surface area (Å²) in [5, 5.41) is 12.1. The van der Waals surface area contributed by atoms with Gasteiger partial charge in [-0.25, -0.2) is 8.42 Å². The third kappa shape index (κ3) is 3.48. The van der Waals surface area contributed by atoms with Crippen LogP contribution in [-0.2, 0) is 23.3 Å². The largest absolute Gasteiger partial charge is 0.503 e. The maximum Gasteiger partial charge on any atom is 0.271 e. The zero-order valence-electron chi connectivity index (χ0n) is 13.3. The predicted octanol–water partition coefficient (Wildman–Crippen LogP) is 0.467. The van der Waals surface area contributed by atoms with Gasteiger partial charge in [0.15, 0.2) is 21.3 Å². The maximum absolute atomic E-state index is 12.3. The van der Waals surface area contributed by atoms with Crippen LogP contribution in [0, 0.1) is 0 Å². The molecule has 0 spiro atoms. The van der Waals surface area contributed by atoms with Crippen molar-refractivity contribution in [3.8, 4) is 5.75 Å². The number of pyridine rings is 1.